The SMILES string of the molecule is C=CCNC(=O)C1CCN(S(=O)(=O)c2ccc(C(N)=O)cc2)CC1. The van der Waals surface area contributed by atoms with Gasteiger partial charge < -0.3 is 11.1 Å². The van der Waals surface area contributed by atoms with Gasteiger partial charge in [0.25, 0.3) is 0 Å². The van der Waals surface area contributed by atoms with E-state index in [1.807, 2.05) is 0 Å². The average Bonchev–Trinajstić information content (AvgIpc) is 2.59. The second-order valence-corrected chi connectivity index (χ2v) is 7.54. The Balaban J connectivity index is 2.03. The largest absolute Gasteiger partial charge is 0.366 e. The second-order valence-electron chi connectivity index (χ2n) is 5.60. The maximum Gasteiger partial charge on any atom is 0.248 e. The molecule has 1 aromatic rings. The quantitative estimate of drug-likeness (QED) is 0.727. The lowest BCUT2D eigenvalue weighted by Gasteiger charge is -2.30. The lowest BCUT2D eigenvalue weighted by atomic mass is 9.97. The van der Waals surface area contributed by atoms with Crippen molar-refractivity contribution in [3.63, 3.8) is 0 Å². The third kappa shape index (κ3) is 4.01. The highest BCUT2D eigenvalue weighted by Gasteiger charge is 2.31. The standard InChI is InChI=1S/C16H21N3O4S/c1-2-9-18-16(21)13-7-10-19(11-8-13)24(22,23)14-5-3-12(4-6-14)15(17)20/h2-6,13H,1,7-11H2,(H2,17,20)(H,18,21). The number of nitrogens with one attached hydrogen (secondary N) is 1. The minimum atomic E-state index is -3.64. The number of piperidine rings is 1. The van der Waals surface area contributed by atoms with Crippen LogP contribution in [-0.2, 0) is 14.8 Å². The highest BCUT2D eigenvalue weighted by atomic mass is 32.2. The van der Waals surface area contributed by atoms with Crippen LogP contribution in [0.15, 0.2) is 41.8 Å². The number of hydrogen-bond acceptors (Lipinski definition) is 4. The van der Waals surface area contributed by atoms with E-state index >= 15 is 0 Å². The van der Waals surface area contributed by atoms with Crippen molar-refractivity contribution < 1.29 is 18.0 Å². The lowest BCUT2D eigenvalue weighted by Crippen LogP contribution is -2.43. The van der Waals surface area contributed by atoms with E-state index in [2.05, 4.69) is 11.9 Å². The molecule has 1 fully saturated rings. The van der Waals surface area contributed by atoms with Gasteiger partial charge in [0.2, 0.25) is 21.8 Å². The Morgan fingerprint density at radius 2 is 1.83 bits per heavy atom. The summed E-state index contributed by atoms with van der Waals surface area (Å²) in [4.78, 5) is 23.1. The van der Waals surface area contributed by atoms with E-state index in [-0.39, 0.29) is 35.4 Å². The molecule has 1 saturated heterocycles. The minimum Gasteiger partial charge on any atom is -0.366 e. The lowest BCUT2D eigenvalue weighted by molar-refractivity contribution is -0.125. The predicted molar refractivity (Wildman–Crippen MR) is 89.6 cm³/mol. The van der Waals surface area contributed by atoms with Crippen molar-refractivity contribution in [2.24, 2.45) is 11.7 Å². The van der Waals surface area contributed by atoms with Gasteiger partial charge in [-0.25, -0.2) is 8.42 Å². The summed E-state index contributed by atoms with van der Waals surface area (Å²) in [6.45, 7) is 4.52. The molecule has 24 heavy (non-hydrogen) atoms. The monoisotopic (exact) mass is 351 g/mol. The molecule has 1 heterocycles. The summed E-state index contributed by atoms with van der Waals surface area (Å²) in [5, 5.41) is 2.74. The van der Waals surface area contributed by atoms with E-state index in [1.165, 1.54) is 28.6 Å². The van der Waals surface area contributed by atoms with E-state index < -0.39 is 15.9 Å². The number of benzene rings is 1. The van der Waals surface area contributed by atoms with Gasteiger partial charge in [0.05, 0.1) is 4.90 Å². The molecule has 0 aromatic heterocycles. The fourth-order valence-corrected chi connectivity index (χ4v) is 4.09. The Labute approximate surface area is 141 Å². The maximum absolute atomic E-state index is 12.6. The van der Waals surface area contributed by atoms with E-state index in [0.29, 0.717) is 19.4 Å². The van der Waals surface area contributed by atoms with Crippen molar-refractivity contribution in [2.45, 2.75) is 17.7 Å². The fourth-order valence-electron chi connectivity index (χ4n) is 2.62. The number of rotatable bonds is 6. The topological polar surface area (TPSA) is 110 Å². The number of primary amides is 1. The van der Waals surface area contributed by atoms with Gasteiger partial charge in [-0.05, 0) is 37.1 Å². The maximum atomic E-state index is 12.6. The Kier molecular flexibility index (Phi) is 5.74. The fraction of sp³-hybridized carbons (Fsp3) is 0.375. The first kappa shape index (κ1) is 18.2. The van der Waals surface area contributed by atoms with Crippen molar-refractivity contribution in [3.8, 4) is 0 Å². The van der Waals surface area contributed by atoms with Crippen LogP contribution in [0, 0.1) is 5.92 Å². The van der Waals surface area contributed by atoms with Crippen LogP contribution in [0.2, 0.25) is 0 Å². The molecule has 0 radical (unpaired) electrons. The first-order valence-corrected chi connectivity index (χ1v) is 9.09. The van der Waals surface area contributed by atoms with Crippen LogP contribution in [0.25, 0.3) is 0 Å². The number of hydrogen-bond donors (Lipinski definition) is 2. The molecule has 1 aliphatic heterocycles. The van der Waals surface area contributed by atoms with Crippen molar-refractivity contribution in [1.29, 1.82) is 0 Å². The second kappa shape index (κ2) is 7.59. The summed E-state index contributed by atoms with van der Waals surface area (Å²) < 4.78 is 26.6. The molecule has 0 saturated carbocycles. The van der Waals surface area contributed by atoms with E-state index in [9.17, 15) is 18.0 Å². The molecule has 1 aliphatic rings. The van der Waals surface area contributed by atoms with Crippen LogP contribution < -0.4 is 11.1 Å². The first-order valence-electron chi connectivity index (χ1n) is 7.65. The molecule has 0 spiro atoms. The van der Waals surface area contributed by atoms with Crippen molar-refractivity contribution in [1.82, 2.24) is 9.62 Å². The molecular formula is C16H21N3O4S. The minimum absolute atomic E-state index is 0.0715. The Morgan fingerprint density at radius 3 is 2.33 bits per heavy atom. The number of carbonyl (C=O) groups excluding carboxylic acids is 2. The third-order valence-electron chi connectivity index (χ3n) is 4.02. The van der Waals surface area contributed by atoms with Gasteiger partial charge in [-0.15, -0.1) is 6.58 Å². The van der Waals surface area contributed by atoms with Crippen LogP contribution in [0.1, 0.15) is 23.2 Å². The summed E-state index contributed by atoms with van der Waals surface area (Å²) in [6.07, 6.45) is 2.55. The summed E-state index contributed by atoms with van der Waals surface area (Å²) in [5.74, 6) is -0.864. The molecule has 0 unspecified atom stereocenters. The Hall–Kier alpha value is -2.19. The van der Waals surface area contributed by atoms with Crippen LogP contribution in [-0.4, -0.2) is 44.2 Å². The van der Waals surface area contributed by atoms with Crippen LogP contribution >= 0.6 is 0 Å². The van der Waals surface area contributed by atoms with Gasteiger partial charge in [-0.2, -0.15) is 4.31 Å². The van der Waals surface area contributed by atoms with Gasteiger partial charge in [0, 0.05) is 31.1 Å². The number of nitrogens with two attached hydrogens (primary N) is 1. The van der Waals surface area contributed by atoms with E-state index in [0.717, 1.165) is 0 Å². The molecule has 8 heteroatoms. The summed E-state index contributed by atoms with van der Waals surface area (Å²) in [6, 6.07) is 5.53. The molecule has 130 valence electrons. The molecule has 3 N–H and O–H groups in total. The molecule has 7 nitrogen and oxygen atoms in total. The Morgan fingerprint density at radius 1 is 1.25 bits per heavy atom. The van der Waals surface area contributed by atoms with Gasteiger partial charge >= 0.3 is 0 Å². The number of nitrogens with zero attached hydrogens (tertiary/aromatic N) is 1. The van der Waals surface area contributed by atoms with E-state index in [4.69, 9.17) is 5.73 Å². The number of carbonyl (C=O) groups is 2. The molecule has 2 amide bonds. The molecule has 2 rings (SSSR count). The summed E-state index contributed by atoms with van der Waals surface area (Å²) in [5.41, 5.74) is 5.41. The zero-order valence-electron chi connectivity index (χ0n) is 13.3. The summed E-state index contributed by atoms with van der Waals surface area (Å²) >= 11 is 0. The number of sulfonamides is 1. The van der Waals surface area contributed by atoms with Crippen molar-refractivity contribution in [2.75, 3.05) is 19.6 Å². The van der Waals surface area contributed by atoms with Gasteiger partial charge in [-0.3, -0.25) is 9.59 Å². The molecular weight excluding hydrogens is 330 g/mol. The molecule has 1 aromatic carbocycles. The first-order chi connectivity index (χ1) is 11.4. The van der Waals surface area contributed by atoms with Crippen LogP contribution in [0.4, 0.5) is 0 Å². The normalized spacial score (nSPS) is 16.5. The Bertz CT molecular complexity index is 720. The zero-order valence-corrected chi connectivity index (χ0v) is 14.1. The van der Waals surface area contributed by atoms with Gasteiger partial charge in [0.1, 0.15) is 0 Å². The average molecular weight is 351 g/mol. The van der Waals surface area contributed by atoms with E-state index in [1.54, 1.807) is 6.08 Å². The van der Waals surface area contributed by atoms with Crippen molar-refractivity contribution >= 4 is 21.8 Å². The molecule has 0 bridgehead atoms. The highest BCUT2D eigenvalue weighted by molar-refractivity contribution is 7.89. The summed E-state index contributed by atoms with van der Waals surface area (Å²) in [7, 11) is -3.64. The molecule has 0 atom stereocenters. The smallest absolute Gasteiger partial charge is 0.248 e. The van der Waals surface area contributed by atoms with Gasteiger partial charge in [0.15, 0.2) is 0 Å². The highest BCUT2D eigenvalue weighted by Crippen LogP contribution is 2.24. The third-order valence-corrected chi connectivity index (χ3v) is 5.93. The predicted octanol–water partition coefficient (Wildman–Crippen LogP) is 0.488. The molecule has 0 aliphatic carbocycles. The van der Waals surface area contributed by atoms with Crippen LogP contribution in [0.3, 0.4) is 0 Å². The zero-order chi connectivity index (χ0) is 17.7. The van der Waals surface area contributed by atoms with Gasteiger partial charge in [-0.1, -0.05) is 6.08 Å². The van der Waals surface area contributed by atoms with Crippen molar-refractivity contribution in [3.05, 3.63) is 42.5 Å². The van der Waals surface area contributed by atoms with Crippen LogP contribution in [0.5, 0.6) is 0 Å². The number of amides is 2.